The van der Waals surface area contributed by atoms with Gasteiger partial charge < -0.3 is 30.5 Å². The number of carbonyl (C=O) groups excluding carboxylic acids is 2. The van der Waals surface area contributed by atoms with Gasteiger partial charge in [-0.1, -0.05) is 97.5 Å². The van der Waals surface area contributed by atoms with Gasteiger partial charge in [-0.3, -0.25) is 4.79 Å². The molecule has 0 bridgehead atoms. The first-order chi connectivity index (χ1) is 24.9. The number of aliphatic hydroxyl groups is 1. The maximum Gasteiger partial charge on any atom is 0.422 e. The number of benzene rings is 3. The van der Waals surface area contributed by atoms with Crippen molar-refractivity contribution in [2.45, 2.75) is 79.4 Å². The van der Waals surface area contributed by atoms with E-state index in [1.54, 1.807) is 0 Å². The third kappa shape index (κ3) is 9.53. The molecule has 0 aliphatic carbocycles. The van der Waals surface area contributed by atoms with E-state index in [-0.39, 0.29) is 23.1 Å². The molecule has 1 aromatic heterocycles. The average molecular weight is 757 g/mol. The number of alkyl halides is 3. The molecule has 14 heteroatoms. The molecular weight excluding hydrogens is 714 g/mol. The lowest BCUT2D eigenvalue weighted by Crippen LogP contribution is -2.52. The van der Waals surface area contributed by atoms with Gasteiger partial charge in [0.1, 0.15) is 10.4 Å². The van der Waals surface area contributed by atoms with Crippen LogP contribution in [0.25, 0.3) is 0 Å². The van der Waals surface area contributed by atoms with Crippen LogP contribution in [0.15, 0.2) is 95.5 Å². The lowest BCUT2D eigenvalue weighted by molar-refractivity contribution is -0.266. The first kappa shape index (κ1) is 39.3. The zero-order valence-electron chi connectivity index (χ0n) is 29.1. The number of anilines is 1. The van der Waals surface area contributed by atoms with E-state index in [9.17, 15) is 27.9 Å². The van der Waals surface area contributed by atoms with E-state index in [4.69, 9.17) is 9.47 Å². The summed E-state index contributed by atoms with van der Waals surface area (Å²) in [4.78, 5) is 30.6. The number of methoxy groups -OCH3 is 1. The Morgan fingerprint density at radius 1 is 1.06 bits per heavy atom. The lowest BCUT2D eigenvalue weighted by Gasteiger charge is -2.36. The first-order valence-corrected chi connectivity index (χ1v) is 18.8. The molecule has 1 fully saturated rings. The van der Waals surface area contributed by atoms with E-state index < -0.39 is 42.2 Å². The van der Waals surface area contributed by atoms with Crippen molar-refractivity contribution in [3.05, 3.63) is 113 Å². The van der Waals surface area contributed by atoms with Gasteiger partial charge in [0, 0.05) is 36.1 Å². The molecule has 2 heterocycles. The van der Waals surface area contributed by atoms with E-state index in [0.717, 1.165) is 34.2 Å². The molecule has 0 saturated carbocycles. The molecule has 3 aromatic carbocycles. The molecule has 2 unspecified atom stereocenters. The zero-order valence-corrected chi connectivity index (χ0v) is 30.7. The highest BCUT2D eigenvalue weighted by atomic mass is 32.2. The molecule has 1 aliphatic rings. The summed E-state index contributed by atoms with van der Waals surface area (Å²) in [6.45, 7) is 3.90. The maximum atomic E-state index is 14.1. The number of halogens is 3. The fourth-order valence-corrected chi connectivity index (χ4v) is 8.51. The highest BCUT2D eigenvalue weighted by molar-refractivity contribution is 8.01. The molecule has 0 spiro atoms. The first-order valence-electron chi connectivity index (χ1n) is 17.0. The second-order valence-corrected chi connectivity index (χ2v) is 14.9. The van der Waals surface area contributed by atoms with E-state index >= 15 is 0 Å². The number of hydrogen-bond acceptors (Lipinski definition) is 9. The van der Waals surface area contributed by atoms with Gasteiger partial charge in [-0.15, -0.1) is 11.3 Å². The van der Waals surface area contributed by atoms with Crippen molar-refractivity contribution < 1.29 is 37.3 Å². The number of morpholine rings is 1. The van der Waals surface area contributed by atoms with Crippen molar-refractivity contribution in [2.75, 3.05) is 24.7 Å². The number of aryl methyl sites for hydroxylation is 1. The molecule has 4 N–H and O–H groups in total. The normalized spacial score (nSPS) is 19.4. The summed E-state index contributed by atoms with van der Waals surface area (Å²) in [5.74, 6) is -0.458. The number of ether oxygens (including phenoxy) is 2. The SMILES string of the molecule is CCC(O)(c1cnc(SC[C@H]2O[C@H](CCc3ccccc3NC(=O)C(NC(=O)OC)C(c3ccccc3)c3ccccc3)CN[C@@H]2C)s1)C(F)(F)F. The zero-order chi connectivity index (χ0) is 37.3. The van der Waals surface area contributed by atoms with Gasteiger partial charge in [0.15, 0.2) is 5.60 Å². The predicted octanol–water partition coefficient (Wildman–Crippen LogP) is 7.27. The van der Waals surface area contributed by atoms with Crippen LogP contribution < -0.4 is 16.0 Å². The lowest BCUT2D eigenvalue weighted by atomic mass is 9.84. The fourth-order valence-electron chi connectivity index (χ4n) is 6.17. The number of thioether (sulfide) groups is 1. The van der Waals surface area contributed by atoms with Crippen LogP contribution >= 0.6 is 23.1 Å². The quantitative estimate of drug-likeness (QED) is 0.0993. The largest absolute Gasteiger partial charge is 0.453 e. The number of nitrogens with zero attached hydrogens (tertiary/aromatic N) is 1. The number of aromatic nitrogens is 1. The van der Waals surface area contributed by atoms with Gasteiger partial charge in [0.2, 0.25) is 5.91 Å². The maximum absolute atomic E-state index is 14.1. The molecule has 2 amide bonds. The number of rotatable bonds is 14. The van der Waals surface area contributed by atoms with Crippen LogP contribution in [0.5, 0.6) is 0 Å². The summed E-state index contributed by atoms with van der Waals surface area (Å²) < 4.78 is 52.5. The van der Waals surface area contributed by atoms with E-state index in [0.29, 0.717) is 35.2 Å². The summed E-state index contributed by atoms with van der Waals surface area (Å²) in [7, 11) is 1.26. The second-order valence-electron chi connectivity index (χ2n) is 12.6. The van der Waals surface area contributed by atoms with E-state index in [1.807, 2.05) is 91.9 Å². The predicted molar refractivity (Wildman–Crippen MR) is 197 cm³/mol. The summed E-state index contributed by atoms with van der Waals surface area (Å²) in [5, 5.41) is 19.6. The van der Waals surface area contributed by atoms with Crippen LogP contribution in [0.4, 0.5) is 23.7 Å². The molecule has 1 aliphatic heterocycles. The highest BCUT2D eigenvalue weighted by Crippen LogP contribution is 2.44. The molecule has 1 saturated heterocycles. The summed E-state index contributed by atoms with van der Waals surface area (Å²) in [6, 6.07) is 25.5. The molecule has 4 aromatic rings. The number of hydrogen-bond donors (Lipinski definition) is 4. The molecule has 5 rings (SSSR count). The molecular formula is C38H43F3N4O5S2. The van der Waals surface area contributed by atoms with E-state index in [1.165, 1.54) is 25.8 Å². The van der Waals surface area contributed by atoms with Crippen molar-refractivity contribution in [3.8, 4) is 0 Å². The number of amides is 2. The van der Waals surface area contributed by atoms with Crippen LogP contribution in [0.1, 0.15) is 54.2 Å². The standard InChI is InChI=1S/C38H43F3N4O5S2/c1-4-37(48,38(39,40)41)31-22-43-36(52-31)51-23-30-24(2)42-21-28(50-30)20-19-25-13-11-12-18-29(25)44-34(46)33(45-35(47)49-3)32(26-14-7-5-8-15-26)27-16-9-6-10-17-27/h5-18,22,24,28,30,32-33,42,48H,4,19-21,23H2,1-3H3,(H,44,46)(H,45,47)/t24-,28-,30-,33?,37?/m1/s1. The van der Waals surface area contributed by atoms with Crippen molar-refractivity contribution in [1.82, 2.24) is 15.6 Å². The highest BCUT2D eigenvalue weighted by Gasteiger charge is 2.54. The minimum absolute atomic E-state index is 0.000995. The van der Waals surface area contributed by atoms with Gasteiger partial charge in [0.25, 0.3) is 0 Å². The third-order valence-corrected chi connectivity index (χ3v) is 11.6. The third-order valence-electron chi connectivity index (χ3n) is 9.24. The molecule has 9 nitrogen and oxygen atoms in total. The molecule has 278 valence electrons. The Balaban J connectivity index is 1.25. The number of thiazole rings is 1. The monoisotopic (exact) mass is 756 g/mol. The van der Waals surface area contributed by atoms with Crippen LogP contribution in [0, 0.1) is 0 Å². The second kappa shape index (κ2) is 17.7. The van der Waals surface area contributed by atoms with Crippen LogP contribution in [-0.2, 0) is 26.3 Å². The minimum atomic E-state index is -4.80. The van der Waals surface area contributed by atoms with Crippen molar-refractivity contribution in [1.29, 1.82) is 0 Å². The topological polar surface area (TPSA) is 122 Å². The number of nitrogens with one attached hydrogen (secondary N) is 3. The van der Waals surface area contributed by atoms with Crippen LogP contribution in [0.2, 0.25) is 0 Å². The summed E-state index contributed by atoms with van der Waals surface area (Å²) in [6.07, 6.45) is -4.13. The van der Waals surface area contributed by atoms with Gasteiger partial charge in [-0.25, -0.2) is 9.78 Å². The van der Waals surface area contributed by atoms with Crippen LogP contribution in [0.3, 0.4) is 0 Å². The van der Waals surface area contributed by atoms with E-state index in [2.05, 4.69) is 20.9 Å². The smallest absolute Gasteiger partial charge is 0.422 e. The van der Waals surface area contributed by atoms with Gasteiger partial charge in [-0.2, -0.15) is 13.2 Å². The molecule has 52 heavy (non-hydrogen) atoms. The Morgan fingerprint density at radius 3 is 2.31 bits per heavy atom. The summed E-state index contributed by atoms with van der Waals surface area (Å²) in [5.41, 5.74) is 0.270. The number of carbonyl (C=O) groups is 2. The Hall–Kier alpha value is -3.95. The Kier molecular flexibility index (Phi) is 13.4. The van der Waals surface area contributed by atoms with Crippen molar-refractivity contribution in [3.63, 3.8) is 0 Å². The minimum Gasteiger partial charge on any atom is -0.453 e. The number of alkyl carbamates (subject to hydrolysis) is 1. The van der Waals surface area contributed by atoms with Gasteiger partial charge in [-0.05, 0) is 48.9 Å². The number of para-hydroxylation sites is 1. The molecule has 5 atom stereocenters. The van der Waals surface area contributed by atoms with Crippen molar-refractivity contribution >= 4 is 40.8 Å². The fraction of sp³-hybridized carbons (Fsp3) is 0.395. The Labute approximate surface area is 309 Å². The average Bonchev–Trinajstić information content (AvgIpc) is 3.63. The van der Waals surface area contributed by atoms with Crippen molar-refractivity contribution in [2.24, 2.45) is 0 Å². The Bertz CT molecular complexity index is 1720. The van der Waals surface area contributed by atoms with Crippen LogP contribution in [-0.4, -0.2) is 72.0 Å². The molecule has 0 radical (unpaired) electrons. The van der Waals surface area contributed by atoms with Gasteiger partial charge >= 0.3 is 12.3 Å². The van der Waals surface area contributed by atoms with Gasteiger partial charge in [0.05, 0.1) is 24.2 Å². The Morgan fingerprint density at radius 2 is 1.69 bits per heavy atom. The summed E-state index contributed by atoms with van der Waals surface area (Å²) >= 11 is 2.14.